The van der Waals surface area contributed by atoms with E-state index < -0.39 is 0 Å². The van der Waals surface area contributed by atoms with Crippen molar-refractivity contribution in [1.82, 2.24) is 15.1 Å². The number of hydrogen-bond acceptors (Lipinski definition) is 4. The molecule has 0 bridgehead atoms. The van der Waals surface area contributed by atoms with E-state index in [9.17, 15) is 4.79 Å². The van der Waals surface area contributed by atoms with Gasteiger partial charge in [0, 0.05) is 30.8 Å². The topological polar surface area (TPSA) is 58.2 Å². The minimum absolute atomic E-state index is 0.0287. The standard InChI is InChI=1S/C22H27N3O2/c1-15-13-20(26)23-24-21(15)17-5-6-19-16(14-17)7-8-22(27-19)9-11-25(12-10-22)18-3-2-4-18/h5-6,13-14,18H,2-4,7-12H2,1H3,(H,23,26). The van der Waals surface area contributed by atoms with Crippen LogP contribution in [0.25, 0.3) is 11.3 Å². The van der Waals surface area contributed by atoms with Crippen LogP contribution in [0.15, 0.2) is 29.1 Å². The van der Waals surface area contributed by atoms with Crippen molar-refractivity contribution in [2.24, 2.45) is 0 Å². The number of aryl methyl sites for hydroxylation is 2. The Bertz CT molecular complexity index is 908. The number of piperidine rings is 1. The normalized spacial score (nSPS) is 22.1. The molecule has 5 heteroatoms. The van der Waals surface area contributed by atoms with Crippen molar-refractivity contribution in [3.8, 4) is 17.0 Å². The molecule has 1 saturated carbocycles. The molecule has 0 atom stereocenters. The molecule has 3 heterocycles. The van der Waals surface area contributed by atoms with Gasteiger partial charge in [0.2, 0.25) is 0 Å². The summed E-state index contributed by atoms with van der Waals surface area (Å²) in [5.41, 5.74) is 3.91. The number of H-pyrrole nitrogens is 1. The highest BCUT2D eigenvalue weighted by Gasteiger charge is 2.41. The average molecular weight is 365 g/mol. The molecule has 5 rings (SSSR count). The van der Waals surface area contributed by atoms with Gasteiger partial charge in [0.25, 0.3) is 5.56 Å². The van der Waals surface area contributed by atoms with Crippen molar-refractivity contribution in [1.29, 1.82) is 0 Å². The largest absolute Gasteiger partial charge is 0.487 e. The molecule has 0 amide bonds. The monoisotopic (exact) mass is 365 g/mol. The fourth-order valence-corrected chi connectivity index (χ4v) is 4.86. The van der Waals surface area contributed by atoms with Crippen molar-refractivity contribution < 1.29 is 4.74 Å². The molecule has 1 aliphatic carbocycles. The Kier molecular flexibility index (Phi) is 4.08. The lowest BCUT2D eigenvalue weighted by molar-refractivity contribution is -0.0336. The maximum Gasteiger partial charge on any atom is 0.264 e. The molecule has 5 nitrogen and oxygen atoms in total. The second kappa shape index (κ2) is 6.48. The second-order valence-electron chi connectivity index (χ2n) is 8.49. The molecule has 0 radical (unpaired) electrons. The molecule has 27 heavy (non-hydrogen) atoms. The van der Waals surface area contributed by atoms with Crippen LogP contribution in [0.5, 0.6) is 5.75 Å². The number of fused-ring (bicyclic) bond motifs is 1. The highest BCUT2D eigenvalue weighted by Crippen LogP contribution is 2.42. The number of benzene rings is 1. The minimum Gasteiger partial charge on any atom is -0.487 e. The highest BCUT2D eigenvalue weighted by atomic mass is 16.5. The van der Waals surface area contributed by atoms with Crippen LogP contribution in [-0.2, 0) is 6.42 Å². The molecule has 1 aromatic carbocycles. The first-order chi connectivity index (χ1) is 13.1. The van der Waals surface area contributed by atoms with Crippen LogP contribution in [0, 0.1) is 6.92 Å². The lowest BCUT2D eigenvalue weighted by Crippen LogP contribution is -2.53. The summed E-state index contributed by atoms with van der Waals surface area (Å²) >= 11 is 0. The Balaban J connectivity index is 1.34. The van der Waals surface area contributed by atoms with Crippen LogP contribution in [0.1, 0.15) is 49.7 Å². The van der Waals surface area contributed by atoms with Gasteiger partial charge in [-0.15, -0.1) is 0 Å². The molecule has 2 aliphatic heterocycles. The number of ether oxygens (including phenoxy) is 1. The van der Waals surface area contributed by atoms with Crippen LogP contribution in [0.4, 0.5) is 0 Å². The van der Waals surface area contributed by atoms with Crippen LogP contribution < -0.4 is 10.3 Å². The van der Waals surface area contributed by atoms with Gasteiger partial charge in [-0.3, -0.25) is 4.79 Å². The zero-order valence-corrected chi connectivity index (χ0v) is 16.0. The van der Waals surface area contributed by atoms with Gasteiger partial charge in [-0.25, -0.2) is 5.10 Å². The SMILES string of the molecule is Cc1cc(=O)[nH]nc1-c1ccc2c(c1)CCC1(CCN(C3CCC3)CC1)O2. The third kappa shape index (κ3) is 3.08. The van der Waals surface area contributed by atoms with Crippen LogP contribution >= 0.6 is 0 Å². The van der Waals surface area contributed by atoms with Gasteiger partial charge in [-0.2, -0.15) is 5.10 Å². The van der Waals surface area contributed by atoms with E-state index >= 15 is 0 Å². The number of likely N-dealkylation sites (tertiary alicyclic amines) is 1. The van der Waals surface area contributed by atoms with E-state index in [1.54, 1.807) is 6.07 Å². The van der Waals surface area contributed by atoms with Crippen molar-refractivity contribution in [2.45, 2.75) is 63.5 Å². The van der Waals surface area contributed by atoms with Gasteiger partial charge in [0.05, 0.1) is 5.69 Å². The fraction of sp³-hybridized carbons (Fsp3) is 0.545. The second-order valence-corrected chi connectivity index (χ2v) is 8.49. The maximum atomic E-state index is 11.4. The Morgan fingerprint density at radius 3 is 2.70 bits per heavy atom. The van der Waals surface area contributed by atoms with Gasteiger partial charge < -0.3 is 9.64 Å². The van der Waals surface area contributed by atoms with Crippen LogP contribution in [0.3, 0.4) is 0 Å². The molecule has 0 unspecified atom stereocenters. The number of aromatic amines is 1. The minimum atomic E-state index is -0.160. The lowest BCUT2D eigenvalue weighted by Gasteiger charge is -2.48. The first-order valence-electron chi connectivity index (χ1n) is 10.2. The van der Waals surface area contributed by atoms with Crippen molar-refractivity contribution in [3.63, 3.8) is 0 Å². The number of aromatic nitrogens is 2. The van der Waals surface area contributed by atoms with Crippen molar-refractivity contribution in [3.05, 3.63) is 45.7 Å². The van der Waals surface area contributed by atoms with Crippen molar-refractivity contribution in [2.75, 3.05) is 13.1 Å². The summed E-state index contributed by atoms with van der Waals surface area (Å²) in [7, 11) is 0. The van der Waals surface area contributed by atoms with Crippen molar-refractivity contribution >= 4 is 0 Å². The molecular weight excluding hydrogens is 338 g/mol. The summed E-state index contributed by atoms with van der Waals surface area (Å²) in [5, 5.41) is 6.78. The van der Waals surface area contributed by atoms with E-state index in [4.69, 9.17) is 4.74 Å². The first kappa shape index (κ1) is 17.0. The molecule has 1 aromatic heterocycles. The molecular formula is C22H27N3O2. The molecule has 142 valence electrons. The lowest BCUT2D eigenvalue weighted by atomic mass is 9.81. The zero-order valence-electron chi connectivity index (χ0n) is 16.0. The number of rotatable bonds is 2. The molecule has 2 aromatic rings. The highest BCUT2D eigenvalue weighted by molar-refractivity contribution is 5.64. The van der Waals surface area contributed by atoms with Gasteiger partial charge >= 0.3 is 0 Å². The van der Waals surface area contributed by atoms with E-state index in [1.807, 2.05) is 6.92 Å². The van der Waals surface area contributed by atoms with Crippen LogP contribution in [0.2, 0.25) is 0 Å². The molecule has 1 N–H and O–H groups in total. The fourth-order valence-electron chi connectivity index (χ4n) is 4.86. The number of hydrogen-bond donors (Lipinski definition) is 1. The summed E-state index contributed by atoms with van der Waals surface area (Å²) in [6.45, 7) is 4.29. The van der Waals surface area contributed by atoms with E-state index in [0.29, 0.717) is 0 Å². The average Bonchev–Trinajstić information content (AvgIpc) is 2.62. The van der Waals surface area contributed by atoms with Gasteiger partial charge in [0.15, 0.2) is 0 Å². The third-order valence-electron chi connectivity index (χ3n) is 6.81. The molecule has 1 saturated heterocycles. The smallest absolute Gasteiger partial charge is 0.264 e. The zero-order chi connectivity index (χ0) is 18.4. The molecule has 2 fully saturated rings. The van der Waals surface area contributed by atoms with E-state index in [-0.39, 0.29) is 11.2 Å². The van der Waals surface area contributed by atoms with Gasteiger partial charge in [-0.05, 0) is 74.8 Å². The van der Waals surface area contributed by atoms with Crippen LogP contribution in [-0.4, -0.2) is 39.8 Å². The summed E-state index contributed by atoms with van der Waals surface area (Å²) in [6, 6.07) is 8.78. The summed E-state index contributed by atoms with van der Waals surface area (Å²) in [4.78, 5) is 14.1. The quantitative estimate of drug-likeness (QED) is 0.885. The maximum absolute atomic E-state index is 11.4. The van der Waals surface area contributed by atoms with E-state index in [0.717, 1.165) is 54.3 Å². The van der Waals surface area contributed by atoms with E-state index in [2.05, 4.69) is 33.3 Å². The van der Waals surface area contributed by atoms with E-state index in [1.165, 1.54) is 37.9 Å². The molecule has 1 spiro atoms. The predicted octanol–water partition coefficient (Wildman–Crippen LogP) is 3.46. The Morgan fingerprint density at radius 2 is 2.00 bits per heavy atom. The first-order valence-corrected chi connectivity index (χ1v) is 10.2. The Labute approximate surface area is 159 Å². The summed E-state index contributed by atoms with van der Waals surface area (Å²) in [6.07, 6.45) is 8.61. The Morgan fingerprint density at radius 1 is 1.19 bits per heavy atom. The summed E-state index contributed by atoms with van der Waals surface area (Å²) < 4.78 is 6.58. The Hall–Kier alpha value is -2.14. The number of nitrogens with one attached hydrogen (secondary N) is 1. The van der Waals surface area contributed by atoms with Gasteiger partial charge in [0.1, 0.15) is 11.4 Å². The van der Waals surface area contributed by atoms with Gasteiger partial charge in [-0.1, -0.05) is 6.42 Å². The third-order valence-corrected chi connectivity index (χ3v) is 6.81. The molecule has 3 aliphatic rings. The predicted molar refractivity (Wildman–Crippen MR) is 105 cm³/mol. The summed E-state index contributed by atoms with van der Waals surface area (Å²) in [5.74, 6) is 1.03. The number of nitrogens with zero attached hydrogens (tertiary/aromatic N) is 2.